The Bertz CT molecular complexity index is 781. The van der Waals surface area contributed by atoms with Gasteiger partial charge in [0.2, 0.25) is 0 Å². The van der Waals surface area contributed by atoms with Crippen LogP contribution in [-0.2, 0) is 13.1 Å². The fourth-order valence-electron chi connectivity index (χ4n) is 2.11. The molecule has 2 aromatic heterocycles. The van der Waals surface area contributed by atoms with E-state index in [1.165, 1.54) is 11.8 Å². The molecule has 0 aliphatic heterocycles. The number of carbonyl (C=O) groups is 1. The molecule has 0 saturated carbocycles. The molecule has 6 nitrogen and oxygen atoms in total. The van der Waals surface area contributed by atoms with Crippen molar-refractivity contribution >= 4 is 11.7 Å². The number of hydrogen-bond acceptors (Lipinski definition) is 5. The minimum Gasteiger partial charge on any atom is -0.467 e. The lowest BCUT2D eigenvalue weighted by molar-refractivity contribution is 0.0942. The third-order valence-corrected chi connectivity index (χ3v) is 3.48. The molecule has 3 rings (SSSR count). The summed E-state index contributed by atoms with van der Waals surface area (Å²) in [6, 6.07) is 11.8. The molecule has 0 aliphatic rings. The zero-order chi connectivity index (χ0) is 16.8. The molecule has 1 amide bonds. The number of hydrogen-bond donors (Lipinski definition) is 2. The second-order valence-electron chi connectivity index (χ2n) is 5.39. The van der Waals surface area contributed by atoms with Crippen LogP contribution in [0.5, 0.6) is 0 Å². The van der Waals surface area contributed by atoms with Gasteiger partial charge in [-0.2, -0.15) is 0 Å². The molecule has 0 atom stereocenters. The van der Waals surface area contributed by atoms with E-state index in [-0.39, 0.29) is 11.6 Å². The molecule has 0 saturated heterocycles. The third-order valence-electron chi connectivity index (χ3n) is 3.48. The summed E-state index contributed by atoms with van der Waals surface area (Å²) in [4.78, 5) is 20.3. The van der Waals surface area contributed by atoms with Gasteiger partial charge in [-0.25, -0.2) is 9.97 Å². The van der Waals surface area contributed by atoms with Crippen molar-refractivity contribution in [2.24, 2.45) is 0 Å². The molecule has 2 N–H and O–H groups in total. The molecular weight excluding hydrogens is 304 g/mol. The summed E-state index contributed by atoms with van der Waals surface area (Å²) in [7, 11) is 0. The number of amides is 1. The van der Waals surface area contributed by atoms with Crippen LogP contribution >= 0.6 is 0 Å². The number of aryl methyl sites for hydroxylation is 1. The molecule has 0 fully saturated rings. The Morgan fingerprint density at radius 3 is 2.58 bits per heavy atom. The Labute approximate surface area is 140 Å². The molecular formula is C18H18N4O2. The van der Waals surface area contributed by atoms with Crippen LogP contribution in [0.25, 0.3) is 0 Å². The second kappa shape index (κ2) is 7.41. The van der Waals surface area contributed by atoms with Gasteiger partial charge in [-0.1, -0.05) is 29.8 Å². The summed E-state index contributed by atoms with van der Waals surface area (Å²) >= 11 is 0. The topological polar surface area (TPSA) is 80.0 Å². The first-order valence-electron chi connectivity index (χ1n) is 7.63. The van der Waals surface area contributed by atoms with E-state index >= 15 is 0 Å². The number of furan rings is 1. The van der Waals surface area contributed by atoms with Gasteiger partial charge < -0.3 is 15.1 Å². The number of nitrogens with zero attached hydrogens (tertiary/aromatic N) is 2. The summed E-state index contributed by atoms with van der Waals surface area (Å²) in [5, 5.41) is 5.91. The molecule has 6 heteroatoms. The van der Waals surface area contributed by atoms with Gasteiger partial charge in [-0.05, 0) is 24.6 Å². The molecule has 2 heterocycles. The van der Waals surface area contributed by atoms with Gasteiger partial charge >= 0.3 is 0 Å². The van der Waals surface area contributed by atoms with Crippen molar-refractivity contribution in [2.75, 3.05) is 5.32 Å². The van der Waals surface area contributed by atoms with Crippen LogP contribution in [0, 0.1) is 6.92 Å². The van der Waals surface area contributed by atoms with Gasteiger partial charge in [0.1, 0.15) is 17.3 Å². The van der Waals surface area contributed by atoms with E-state index in [0.29, 0.717) is 24.7 Å². The molecule has 0 bridgehead atoms. The highest BCUT2D eigenvalue weighted by molar-refractivity contribution is 5.91. The van der Waals surface area contributed by atoms with E-state index < -0.39 is 0 Å². The highest BCUT2D eigenvalue weighted by Crippen LogP contribution is 2.07. The normalized spacial score (nSPS) is 10.4. The van der Waals surface area contributed by atoms with Gasteiger partial charge in [-0.15, -0.1) is 0 Å². The van der Waals surface area contributed by atoms with Crippen molar-refractivity contribution in [1.29, 1.82) is 0 Å². The van der Waals surface area contributed by atoms with Crippen LogP contribution < -0.4 is 10.6 Å². The monoisotopic (exact) mass is 322 g/mol. The van der Waals surface area contributed by atoms with Crippen LogP contribution in [0.4, 0.5) is 5.82 Å². The van der Waals surface area contributed by atoms with E-state index in [2.05, 4.69) is 51.8 Å². The van der Waals surface area contributed by atoms with E-state index in [1.807, 2.05) is 0 Å². The molecule has 0 unspecified atom stereocenters. The number of anilines is 1. The predicted molar refractivity (Wildman–Crippen MR) is 90.4 cm³/mol. The number of carbonyl (C=O) groups excluding carboxylic acids is 1. The van der Waals surface area contributed by atoms with E-state index in [9.17, 15) is 4.79 Å². The van der Waals surface area contributed by atoms with Crippen molar-refractivity contribution in [1.82, 2.24) is 15.3 Å². The summed E-state index contributed by atoms with van der Waals surface area (Å²) in [6.45, 7) is 3.03. The lowest BCUT2D eigenvalue weighted by Gasteiger charge is -2.07. The average Bonchev–Trinajstić information content (AvgIpc) is 3.13. The Morgan fingerprint density at radius 2 is 1.92 bits per heavy atom. The van der Waals surface area contributed by atoms with Crippen LogP contribution in [0.1, 0.15) is 27.4 Å². The number of aromatic nitrogens is 2. The van der Waals surface area contributed by atoms with Gasteiger partial charge in [-0.3, -0.25) is 4.79 Å². The van der Waals surface area contributed by atoms with E-state index in [4.69, 9.17) is 4.42 Å². The lowest BCUT2D eigenvalue weighted by atomic mass is 10.1. The van der Waals surface area contributed by atoms with Crippen molar-refractivity contribution in [3.8, 4) is 0 Å². The molecule has 0 radical (unpaired) electrons. The van der Waals surface area contributed by atoms with Gasteiger partial charge in [0.05, 0.1) is 25.2 Å². The van der Waals surface area contributed by atoms with Gasteiger partial charge in [0, 0.05) is 6.54 Å². The fraction of sp³-hybridized carbons (Fsp3) is 0.167. The zero-order valence-electron chi connectivity index (χ0n) is 13.3. The molecule has 0 spiro atoms. The Hall–Kier alpha value is -3.15. The van der Waals surface area contributed by atoms with Gasteiger partial charge in [0.15, 0.2) is 0 Å². The Balaban J connectivity index is 1.52. The fourth-order valence-corrected chi connectivity index (χ4v) is 2.11. The van der Waals surface area contributed by atoms with E-state index in [0.717, 1.165) is 5.56 Å². The Kier molecular flexibility index (Phi) is 4.86. The average molecular weight is 322 g/mol. The molecule has 3 aromatic rings. The van der Waals surface area contributed by atoms with Gasteiger partial charge in [0.25, 0.3) is 5.91 Å². The first kappa shape index (κ1) is 15.7. The molecule has 122 valence electrons. The predicted octanol–water partition coefficient (Wildman–Crippen LogP) is 2.92. The standard InChI is InChI=1S/C18H18N4O2/c1-13-4-6-14(7-5-13)9-20-17-12-19-16(11-21-17)18(23)22-10-15-3-2-8-24-15/h2-8,11-12H,9-10H2,1H3,(H,20,21)(H,22,23). The molecule has 1 aromatic carbocycles. The highest BCUT2D eigenvalue weighted by Gasteiger charge is 2.08. The lowest BCUT2D eigenvalue weighted by Crippen LogP contribution is -2.23. The zero-order valence-corrected chi connectivity index (χ0v) is 13.3. The maximum atomic E-state index is 12.0. The number of rotatable bonds is 6. The minimum absolute atomic E-state index is 0.266. The second-order valence-corrected chi connectivity index (χ2v) is 5.39. The van der Waals surface area contributed by atoms with Crippen molar-refractivity contribution in [2.45, 2.75) is 20.0 Å². The maximum absolute atomic E-state index is 12.0. The first-order chi connectivity index (χ1) is 11.7. The third kappa shape index (κ3) is 4.19. The first-order valence-corrected chi connectivity index (χ1v) is 7.63. The largest absolute Gasteiger partial charge is 0.467 e. The van der Waals surface area contributed by atoms with Crippen molar-refractivity contribution in [3.63, 3.8) is 0 Å². The summed E-state index contributed by atoms with van der Waals surface area (Å²) in [5.74, 6) is 1.02. The van der Waals surface area contributed by atoms with Crippen molar-refractivity contribution in [3.05, 3.63) is 77.6 Å². The smallest absolute Gasteiger partial charge is 0.271 e. The van der Waals surface area contributed by atoms with E-state index in [1.54, 1.807) is 24.6 Å². The summed E-state index contributed by atoms with van der Waals surface area (Å²) in [6.07, 6.45) is 4.57. The maximum Gasteiger partial charge on any atom is 0.271 e. The van der Waals surface area contributed by atoms with Crippen LogP contribution in [0.15, 0.2) is 59.5 Å². The SMILES string of the molecule is Cc1ccc(CNc2cnc(C(=O)NCc3ccco3)cn2)cc1. The quantitative estimate of drug-likeness (QED) is 0.729. The minimum atomic E-state index is -0.288. The molecule has 24 heavy (non-hydrogen) atoms. The number of benzene rings is 1. The summed E-state index contributed by atoms with van der Waals surface area (Å²) < 4.78 is 5.16. The Morgan fingerprint density at radius 1 is 1.08 bits per heavy atom. The van der Waals surface area contributed by atoms with Crippen LogP contribution in [-0.4, -0.2) is 15.9 Å². The van der Waals surface area contributed by atoms with Crippen molar-refractivity contribution < 1.29 is 9.21 Å². The molecule has 0 aliphatic carbocycles. The summed E-state index contributed by atoms with van der Waals surface area (Å²) in [5.41, 5.74) is 2.65. The van der Waals surface area contributed by atoms with Crippen LogP contribution in [0.2, 0.25) is 0 Å². The highest BCUT2D eigenvalue weighted by atomic mass is 16.3. The number of nitrogens with one attached hydrogen (secondary N) is 2. The van der Waals surface area contributed by atoms with Crippen LogP contribution in [0.3, 0.4) is 0 Å².